The molecule has 1 atom stereocenters. The Balaban J connectivity index is 2.11. The summed E-state index contributed by atoms with van der Waals surface area (Å²) in [6.45, 7) is -0.0789. The summed E-state index contributed by atoms with van der Waals surface area (Å²) in [5, 5.41) is 20.3. The van der Waals surface area contributed by atoms with Gasteiger partial charge in [0.2, 0.25) is 0 Å². The standard InChI is InChI=1S/C13H14N2O6/c16-11(17)13(15(19)20)7-4-8-14(13)12(18)21-9-10-5-2-1-3-6-10/h1-3,5-6H,4,7-9H2,(H,16,17)/t13-/m1/s1. The quantitative estimate of drug-likeness (QED) is 0.665. The lowest BCUT2D eigenvalue weighted by Gasteiger charge is -2.25. The summed E-state index contributed by atoms with van der Waals surface area (Å²) in [5.74, 6) is -1.65. The zero-order chi connectivity index (χ0) is 15.5. The molecule has 8 heteroatoms. The minimum Gasteiger partial charge on any atom is -0.474 e. The van der Waals surface area contributed by atoms with Crippen LogP contribution in [0.1, 0.15) is 18.4 Å². The van der Waals surface area contributed by atoms with Crippen LogP contribution in [0.5, 0.6) is 0 Å². The molecule has 21 heavy (non-hydrogen) atoms. The first-order valence-electron chi connectivity index (χ1n) is 6.34. The molecule has 1 aromatic rings. The van der Waals surface area contributed by atoms with E-state index in [0.29, 0.717) is 10.5 Å². The molecule has 2 rings (SSSR count). The third-order valence-corrected chi connectivity index (χ3v) is 3.42. The second-order valence-electron chi connectivity index (χ2n) is 4.67. The highest BCUT2D eigenvalue weighted by atomic mass is 16.6. The topological polar surface area (TPSA) is 110 Å². The third kappa shape index (κ3) is 2.64. The predicted molar refractivity (Wildman–Crippen MR) is 69.9 cm³/mol. The van der Waals surface area contributed by atoms with Gasteiger partial charge in [-0.15, -0.1) is 0 Å². The first-order chi connectivity index (χ1) is 9.98. The van der Waals surface area contributed by atoms with Crippen molar-refractivity contribution in [2.45, 2.75) is 25.1 Å². The van der Waals surface area contributed by atoms with E-state index in [0.717, 1.165) is 0 Å². The molecule has 0 bridgehead atoms. The van der Waals surface area contributed by atoms with Gasteiger partial charge in [-0.05, 0) is 12.0 Å². The molecule has 1 aliphatic rings. The van der Waals surface area contributed by atoms with Crippen LogP contribution in [0.3, 0.4) is 0 Å². The number of nitro groups is 1. The zero-order valence-corrected chi connectivity index (χ0v) is 11.1. The molecule has 8 nitrogen and oxygen atoms in total. The van der Waals surface area contributed by atoms with Gasteiger partial charge in [-0.25, -0.2) is 14.5 Å². The Labute approximate surface area is 120 Å². The average Bonchev–Trinajstić information content (AvgIpc) is 2.92. The molecule has 112 valence electrons. The fourth-order valence-electron chi connectivity index (χ4n) is 2.33. The number of aliphatic carboxylic acids is 1. The van der Waals surface area contributed by atoms with Gasteiger partial charge in [-0.2, -0.15) is 0 Å². The van der Waals surface area contributed by atoms with Gasteiger partial charge < -0.3 is 9.84 Å². The van der Waals surface area contributed by atoms with Crippen molar-refractivity contribution in [3.05, 3.63) is 46.0 Å². The summed E-state index contributed by atoms with van der Waals surface area (Å²) in [4.78, 5) is 34.1. The van der Waals surface area contributed by atoms with E-state index in [-0.39, 0.29) is 26.0 Å². The fraction of sp³-hybridized carbons (Fsp3) is 0.385. The van der Waals surface area contributed by atoms with Crippen LogP contribution in [0, 0.1) is 10.1 Å². The molecule has 0 spiro atoms. The molecule has 1 fully saturated rings. The first-order valence-corrected chi connectivity index (χ1v) is 6.34. The van der Waals surface area contributed by atoms with Crippen LogP contribution in [-0.2, 0) is 16.1 Å². The molecular weight excluding hydrogens is 280 g/mol. The molecule has 0 saturated carbocycles. The summed E-state index contributed by atoms with van der Waals surface area (Å²) in [5.41, 5.74) is -1.71. The van der Waals surface area contributed by atoms with Gasteiger partial charge >= 0.3 is 17.7 Å². The third-order valence-electron chi connectivity index (χ3n) is 3.42. The number of carbonyl (C=O) groups is 2. The first kappa shape index (κ1) is 14.8. The summed E-state index contributed by atoms with van der Waals surface area (Å²) >= 11 is 0. The van der Waals surface area contributed by atoms with Crippen molar-refractivity contribution in [3.8, 4) is 0 Å². The molecular formula is C13H14N2O6. The van der Waals surface area contributed by atoms with Gasteiger partial charge in [0.15, 0.2) is 0 Å². The van der Waals surface area contributed by atoms with Crippen LogP contribution < -0.4 is 0 Å². The number of hydrogen-bond donors (Lipinski definition) is 1. The highest BCUT2D eigenvalue weighted by molar-refractivity contribution is 5.83. The number of carboxylic acid groups (broad SMARTS) is 1. The van der Waals surface area contributed by atoms with E-state index in [9.17, 15) is 19.7 Å². The Morgan fingerprint density at radius 2 is 2.05 bits per heavy atom. The summed E-state index contributed by atoms with van der Waals surface area (Å²) in [7, 11) is 0. The SMILES string of the molecule is O=C(OCc1ccccc1)N1CCC[C@]1(C(=O)O)[N+](=O)[O-]. The molecule has 1 aliphatic heterocycles. The Morgan fingerprint density at radius 3 is 2.62 bits per heavy atom. The fourth-order valence-corrected chi connectivity index (χ4v) is 2.33. The Kier molecular flexibility index (Phi) is 4.06. The lowest BCUT2D eigenvalue weighted by Crippen LogP contribution is -2.58. The Bertz CT molecular complexity index is 545. The number of amides is 1. The van der Waals surface area contributed by atoms with E-state index in [1.165, 1.54) is 0 Å². The van der Waals surface area contributed by atoms with Gasteiger partial charge in [-0.1, -0.05) is 30.3 Å². The van der Waals surface area contributed by atoms with Crippen LogP contribution >= 0.6 is 0 Å². The number of carboxylic acids is 1. The zero-order valence-electron chi connectivity index (χ0n) is 11.1. The van der Waals surface area contributed by atoms with Crippen LogP contribution in [0.15, 0.2) is 30.3 Å². The number of rotatable bonds is 4. The Hall–Kier alpha value is -2.64. The van der Waals surface area contributed by atoms with Crippen molar-refractivity contribution >= 4 is 12.1 Å². The minimum atomic E-state index is -2.42. The molecule has 1 aromatic carbocycles. The number of nitrogens with zero attached hydrogens (tertiary/aromatic N) is 2. The van der Waals surface area contributed by atoms with E-state index in [2.05, 4.69) is 0 Å². The molecule has 1 amide bonds. The molecule has 0 radical (unpaired) electrons. The van der Waals surface area contributed by atoms with Gasteiger partial charge in [-0.3, -0.25) is 10.1 Å². The van der Waals surface area contributed by atoms with Gasteiger partial charge in [0.05, 0.1) is 11.3 Å². The van der Waals surface area contributed by atoms with Crippen molar-refractivity contribution < 1.29 is 24.4 Å². The second kappa shape index (κ2) is 5.78. The number of ether oxygens (including phenoxy) is 1. The average molecular weight is 294 g/mol. The van der Waals surface area contributed by atoms with Crippen LogP contribution in [-0.4, -0.2) is 39.2 Å². The lowest BCUT2D eigenvalue weighted by molar-refractivity contribution is -0.576. The van der Waals surface area contributed by atoms with E-state index in [4.69, 9.17) is 9.84 Å². The largest absolute Gasteiger partial charge is 0.474 e. The lowest BCUT2D eigenvalue weighted by atomic mass is 10.1. The van der Waals surface area contributed by atoms with E-state index in [1.54, 1.807) is 30.3 Å². The number of hydrogen-bond acceptors (Lipinski definition) is 5. The molecule has 0 unspecified atom stereocenters. The van der Waals surface area contributed by atoms with Gasteiger partial charge in [0.25, 0.3) is 0 Å². The van der Waals surface area contributed by atoms with Crippen LogP contribution in [0.4, 0.5) is 4.79 Å². The highest BCUT2D eigenvalue weighted by Gasteiger charge is 2.62. The van der Waals surface area contributed by atoms with E-state index >= 15 is 0 Å². The van der Waals surface area contributed by atoms with Crippen molar-refractivity contribution in [2.75, 3.05) is 6.54 Å². The monoisotopic (exact) mass is 294 g/mol. The molecule has 1 heterocycles. The van der Waals surface area contributed by atoms with E-state index < -0.39 is 22.6 Å². The van der Waals surface area contributed by atoms with Crippen LogP contribution in [0.2, 0.25) is 0 Å². The summed E-state index contributed by atoms with van der Waals surface area (Å²) in [6.07, 6.45) is -0.973. The van der Waals surface area contributed by atoms with Crippen molar-refractivity contribution in [3.63, 3.8) is 0 Å². The maximum absolute atomic E-state index is 12.0. The van der Waals surface area contributed by atoms with Gasteiger partial charge in [0.1, 0.15) is 6.61 Å². The van der Waals surface area contributed by atoms with Crippen molar-refractivity contribution in [2.24, 2.45) is 0 Å². The normalized spacial score (nSPS) is 21.0. The van der Waals surface area contributed by atoms with E-state index in [1.807, 2.05) is 0 Å². The number of carbonyl (C=O) groups excluding carboxylic acids is 1. The highest BCUT2D eigenvalue weighted by Crippen LogP contribution is 2.31. The summed E-state index contributed by atoms with van der Waals surface area (Å²) < 4.78 is 4.99. The van der Waals surface area contributed by atoms with Gasteiger partial charge in [0, 0.05) is 6.54 Å². The molecule has 1 N–H and O–H groups in total. The second-order valence-corrected chi connectivity index (χ2v) is 4.67. The Morgan fingerprint density at radius 1 is 1.38 bits per heavy atom. The van der Waals surface area contributed by atoms with Crippen molar-refractivity contribution in [1.82, 2.24) is 4.90 Å². The summed E-state index contributed by atoms with van der Waals surface area (Å²) in [6, 6.07) is 8.79. The number of likely N-dealkylation sites (tertiary alicyclic amines) is 1. The maximum Gasteiger partial charge on any atom is 0.416 e. The predicted octanol–water partition coefficient (Wildman–Crippen LogP) is 1.48. The molecule has 0 aliphatic carbocycles. The number of benzene rings is 1. The smallest absolute Gasteiger partial charge is 0.416 e. The van der Waals surface area contributed by atoms with Crippen molar-refractivity contribution in [1.29, 1.82) is 0 Å². The minimum absolute atomic E-state index is 0.0130. The molecule has 0 aromatic heterocycles. The molecule has 1 saturated heterocycles. The maximum atomic E-state index is 12.0. The van der Waals surface area contributed by atoms with Crippen LogP contribution in [0.25, 0.3) is 0 Å².